The molecule has 194 valence electrons. The van der Waals surface area contributed by atoms with Gasteiger partial charge in [0.25, 0.3) is 5.91 Å². The molecule has 1 N–H and O–H groups in total. The molecule has 10 nitrogen and oxygen atoms in total. The predicted molar refractivity (Wildman–Crippen MR) is 128 cm³/mol. The van der Waals surface area contributed by atoms with Gasteiger partial charge in [0.2, 0.25) is 10.0 Å². The van der Waals surface area contributed by atoms with E-state index in [4.69, 9.17) is 4.74 Å². The number of piperidine rings is 1. The highest BCUT2D eigenvalue weighted by Crippen LogP contribution is 2.31. The summed E-state index contributed by atoms with van der Waals surface area (Å²) in [4.78, 5) is 28.8. The summed E-state index contributed by atoms with van der Waals surface area (Å²) in [5.41, 5.74) is 0.167. The van der Waals surface area contributed by atoms with Crippen molar-refractivity contribution in [1.29, 1.82) is 0 Å². The Balaban J connectivity index is 1.28. The molecule has 2 aromatic carbocycles. The Morgan fingerprint density at radius 3 is 2.76 bits per heavy atom. The molecular weight excluding hydrogens is 555 g/mol. The molecule has 0 radical (unpaired) electrons. The summed E-state index contributed by atoms with van der Waals surface area (Å²) in [6, 6.07) is 4.15. The number of carbonyl (C=O) groups excluding carboxylic acids is 2. The Morgan fingerprint density at radius 2 is 1.95 bits per heavy atom. The zero-order valence-corrected chi connectivity index (χ0v) is 21.1. The summed E-state index contributed by atoms with van der Waals surface area (Å²) in [5.74, 6) is -6.33. The Morgan fingerprint density at radius 1 is 1.14 bits per heavy atom. The highest BCUT2D eigenvalue weighted by atomic mass is 32.2. The molecular formula is C21H16F3N5O5S3. The van der Waals surface area contributed by atoms with Crippen molar-refractivity contribution in [2.24, 2.45) is 0 Å². The van der Waals surface area contributed by atoms with Gasteiger partial charge < -0.3 is 4.74 Å². The number of sulfonamides is 1. The maximum absolute atomic E-state index is 13.9. The number of amides is 1. The zero-order chi connectivity index (χ0) is 26.3. The number of hydrogen-bond acceptors (Lipinski definition) is 10. The van der Waals surface area contributed by atoms with Crippen molar-refractivity contribution in [3.8, 4) is 0 Å². The fourth-order valence-electron chi connectivity index (χ4n) is 3.96. The van der Waals surface area contributed by atoms with Gasteiger partial charge in [-0.1, -0.05) is 17.4 Å². The van der Waals surface area contributed by atoms with E-state index in [0.29, 0.717) is 29.7 Å². The van der Waals surface area contributed by atoms with Crippen molar-refractivity contribution >= 4 is 71.3 Å². The van der Waals surface area contributed by atoms with Gasteiger partial charge in [0, 0.05) is 6.54 Å². The first-order valence-electron chi connectivity index (χ1n) is 10.8. The van der Waals surface area contributed by atoms with Crippen LogP contribution in [0.4, 0.5) is 18.3 Å². The lowest BCUT2D eigenvalue weighted by Gasteiger charge is -2.32. The van der Waals surface area contributed by atoms with E-state index in [9.17, 15) is 31.2 Å². The average molecular weight is 572 g/mol. The van der Waals surface area contributed by atoms with Crippen LogP contribution in [0.3, 0.4) is 0 Å². The Hall–Kier alpha value is -3.21. The summed E-state index contributed by atoms with van der Waals surface area (Å²) in [6.07, 6.45) is 1.30. The maximum Gasteiger partial charge on any atom is 0.324 e. The minimum atomic E-state index is -4.13. The number of halogens is 3. The third-order valence-corrected chi connectivity index (χ3v) is 9.07. The van der Waals surface area contributed by atoms with E-state index in [2.05, 4.69) is 19.0 Å². The fraction of sp³-hybridized carbons (Fsp3) is 0.286. The first-order valence-corrected chi connectivity index (χ1v) is 13.8. The fourth-order valence-corrected chi connectivity index (χ4v) is 7.27. The van der Waals surface area contributed by atoms with E-state index in [1.165, 1.54) is 12.1 Å². The minimum Gasteiger partial charge on any atom is -0.454 e. The third kappa shape index (κ3) is 4.76. The molecule has 0 bridgehead atoms. The average Bonchev–Trinajstić information content (AvgIpc) is 3.52. The van der Waals surface area contributed by atoms with Crippen molar-refractivity contribution < 1.29 is 35.9 Å². The zero-order valence-electron chi connectivity index (χ0n) is 18.6. The monoisotopic (exact) mass is 571 g/mol. The van der Waals surface area contributed by atoms with Crippen LogP contribution in [-0.4, -0.2) is 57.5 Å². The second kappa shape index (κ2) is 9.92. The second-order valence-corrected chi connectivity index (χ2v) is 11.4. The Labute approximate surface area is 215 Å². The number of hydrogen-bond donors (Lipinski definition) is 1. The number of benzene rings is 2. The summed E-state index contributed by atoms with van der Waals surface area (Å²) >= 11 is 1.57. The van der Waals surface area contributed by atoms with Crippen LogP contribution in [0.1, 0.15) is 19.3 Å². The van der Waals surface area contributed by atoms with Crippen molar-refractivity contribution in [3.63, 3.8) is 0 Å². The van der Waals surface area contributed by atoms with E-state index in [0.717, 1.165) is 22.1 Å². The molecule has 1 aliphatic rings. The van der Waals surface area contributed by atoms with Crippen LogP contribution in [0.5, 0.6) is 0 Å². The van der Waals surface area contributed by atoms with Crippen LogP contribution < -0.4 is 5.32 Å². The van der Waals surface area contributed by atoms with Gasteiger partial charge in [0.05, 0.1) is 16.4 Å². The van der Waals surface area contributed by atoms with E-state index >= 15 is 0 Å². The SMILES string of the molecule is O=C(COC(=O)C1CCCCN1S(=O)(=O)c1cccc2nsnc12)Nc1nc2c(F)c(F)c(F)cc2s1. The van der Waals surface area contributed by atoms with E-state index in [1.54, 1.807) is 6.07 Å². The number of anilines is 1. The molecule has 1 aliphatic heterocycles. The summed E-state index contributed by atoms with van der Waals surface area (Å²) in [6.45, 7) is -0.706. The molecule has 0 spiro atoms. The van der Waals surface area contributed by atoms with Crippen LogP contribution >= 0.6 is 23.1 Å². The molecule has 2 aromatic heterocycles. The van der Waals surface area contributed by atoms with Gasteiger partial charge in [-0.05, 0) is 37.5 Å². The van der Waals surface area contributed by atoms with Crippen LogP contribution in [0.25, 0.3) is 21.3 Å². The molecule has 0 aliphatic carbocycles. The lowest BCUT2D eigenvalue weighted by molar-refractivity contribution is -0.152. The molecule has 1 fully saturated rings. The first-order chi connectivity index (χ1) is 17.7. The molecule has 5 rings (SSSR count). The van der Waals surface area contributed by atoms with E-state index < -0.39 is 57.5 Å². The summed E-state index contributed by atoms with van der Waals surface area (Å²) in [5, 5.41) is 2.11. The quantitative estimate of drug-likeness (QED) is 0.275. The van der Waals surface area contributed by atoms with E-state index in [-0.39, 0.29) is 33.2 Å². The Kier molecular flexibility index (Phi) is 6.82. The highest BCUT2D eigenvalue weighted by Gasteiger charge is 2.40. The lowest BCUT2D eigenvalue weighted by Crippen LogP contribution is -2.48. The van der Waals surface area contributed by atoms with Crippen molar-refractivity contribution in [1.82, 2.24) is 18.0 Å². The summed E-state index contributed by atoms with van der Waals surface area (Å²) in [7, 11) is -4.13. The standard InChI is InChI=1S/C21H16F3N5O5S3/c22-10-8-13-19(17(24)16(10)23)26-21(35-13)25-15(30)9-34-20(31)12-5-1-2-7-29(12)37(32,33)14-6-3-4-11-18(14)28-36-27-11/h3-4,6,8,12H,1-2,5,7,9H2,(H,25,26,30). The summed E-state index contributed by atoms with van der Waals surface area (Å²) < 4.78 is 81.8. The number of aromatic nitrogens is 3. The number of nitrogens with one attached hydrogen (secondary N) is 1. The third-order valence-electron chi connectivity index (χ3n) is 5.67. The van der Waals surface area contributed by atoms with Gasteiger partial charge in [-0.2, -0.15) is 13.1 Å². The number of rotatable bonds is 6. The number of thiazole rings is 1. The Bertz CT molecular complexity index is 1640. The number of nitrogens with zero attached hydrogens (tertiary/aromatic N) is 4. The molecule has 1 atom stereocenters. The predicted octanol–water partition coefficient (Wildman–Crippen LogP) is 3.44. The van der Waals surface area contributed by atoms with Crippen molar-refractivity contribution in [2.45, 2.75) is 30.2 Å². The molecule has 1 amide bonds. The molecule has 16 heteroatoms. The van der Waals surface area contributed by atoms with Crippen LogP contribution in [0.2, 0.25) is 0 Å². The first kappa shape index (κ1) is 25.4. The number of ether oxygens (including phenoxy) is 1. The van der Waals surface area contributed by atoms with E-state index in [1.807, 2.05) is 0 Å². The van der Waals surface area contributed by atoms with Gasteiger partial charge in [0.1, 0.15) is 27.5 Å². The number of fused-ring (bicyclic) bond motifs is 2. The van der Waals surface area contributed by atoms with Gasteiger partial charge >= 0.3 is 5.97 Å². The molecule has 3 heterocycles. The number of carbonyl (C=O) groups is 2. The van der Waals surface area contributed by atoms with Crippen LogP contribution in [0.15, 0.2) is 29.2 Å². The molecule has 1 saturated heterocycles. The molecule has 4 aromatic rings. The normalized spacial score (nSPS) is 16.8. The highest BCUT2D eigenvalue weighted by molar-refractivity contribution is 7.89. The minimum absolute atomic E-state index is 0.0305. The van der Waals surface area contributed by atoms with Crippen LogP contribution in [-0.2, 0) is 24.3 Å². The molecule has 0 saturated carbocycles. The van der Waals surface area contributed by atoms with Gasteiger partial charge in [0.15, 0.2) is 29.2 Å². The maximum atomic E-state index is 13.9. The van der Waals surface area contributed by atoms with Crippen molar-refractivity contribution in [3.05, 3.63) is 41.7 Å². The molecule has 1 unspecified atom stereocenters. The van der Waals surface area contributed by atoms with Gasteiger partial charge in [-0.15, -0.1) is 0 Å². The smallest absolute Gasteiger partial charge is 0.324 e. The van der Waals surface area contributed by atoms with Gasteiger partial charge in [-0.3, -0.25) is 14.9 Å². The van der Waals surface area contributed by atoms with Crippen LogP contribution in [0, 0.1) is 17.5 Å². The second-order valence-electron chi connectivity index (χ2n) is 8.02. The lowest BCUT2D eigenvalue weighted by atomic mass is 10.1. The topological polar surface area (TPSA) is 131 Å². The van der Waals surface area contributed by atoms with Crippen molar-refractivity contribution in [2.75, 3.05) is 18.5 Å². The number of esters is 1. The van der Waals surface area contributed by atoms with Gasteiger partial charge in [-0.25, -0.2) is 26.6 Å². The largest absolute Gasteiger partial charge is 0.454 e. The molecule has 37 heavy (non-hydrogen) atoms.